The number of halogens is 3. The van der Waals surface area contributed by atoms with Gasteiger partial charge in [-0.15, -0.1) is 0 Å². The van der Waals surface area contributed by atoms with Crippen LogP contribution in [0.25, 0.3) is 0 Å². The van der Waals surface area contributed by atoms with Gasteiger partial charge in [-0.05, 0) is 30.7 Å². The third-order valence-electron chi connectivity index (χ3n) is 3.03. The first-order chi connectivity index (χ1) is 10.5. The molecule has 1 aromatic carbocycles. The van der Waals surface area contributed by atoms with E-state index >= 15 is 0 Å². The van der Waals surface area contributed by atoms with E-state index in [1.54, 1.807) is 12.1 Å². The van der Waals surface area contributed by atoms with Crippen LogP contribution in [-0.2, 0) is 6.18 Å². The van der Waals surface area contributed by atoms with Gasteiger partial charge in [-0.3, -0.25) is 4.98 Å². The number of aromatic nitrogens is 1. The molecule has 0 saturated carbocycles. The molecular formula is C15H14F3N3O. The third-order valence-corrected chi connectivity index (χ3v) is 3.03. The van der Waals surface area contributed by atoms with E-state index in [4.69, 9.17) is 5.21 Å². The molecule has 0 fully saturated rings. The Morgan fingerprint density at radius 1 is 1.23 bits per heavy atom. The van der Waals surface area contributed by atoms with Crippen LogP contribution in [0.5, 0.6) is 0 Å². The van der Waals surface area contributed by atoms with Crippen molar-refractivity contribution in [3.63, 3.8) is 0 Å². The lowest BCUT2D eigenvalue weighted by Crippen LogP contribution is -2.09. The molecule has 4 nitrogen and oxygen atoms in total. The zero-order valence-electron chi connectivity index (χ0n) is 11.7. The molecule has 0 amide bonds. The minimum absolute atomic E-state index is 0.0453. The molecule has 0 atom stereocenters. The van der Waals surface area contributed by atoms with Crippen molar-refractivity contribution in [1.82, 2.24) is 4.98 Å². The van der Waals surface area contributed by atoms with Gasteiger partial charge in [0.15, 0.2) is 0 Å². The van der Waals surface area contributed by atoms with Gasteiger partial charge in [0.25, 0.3) is 0 Å². The number of rotatable bonds is 4. The largest absolute Gasteiger partial charge is 0.418 e. The minimum Gasteiger partial charge on any atom is -0.411 e. The van der Waals surface area contributed by atoms with Gasteiger partial charge in [0.05, 0.1) is 28.8 Å². The van der Waals surface area contributed by atoms with Crippen molar-refractivity contribution in [3.8, 4) is 0 Å². The molecule has 0 aliphatic carbocycles. The molecule has 0 aliphatic heterocycles. The van der Waals surface area contributed by atoms with Gasteiger partial charge in [-0.2, -0.15) is 13.2 Å². The van der Waals surface area contributed by atoms with Gasteiger partial charge in [0, 0.05) is 0 Å². The minimum atomic E-state index is -4.43. The van der Waals surface area contributed by atoms with Crippen LogP contribution >= 0.6 is 0 Å². The average Bonchev–Trinajstić information content (AvgIpc) is 2.50. The van der Waals surface area contributed by atoms with Gasteiger partial charge >= 0.3 is 6.18 Å². The van der Waals surface area contributed by atoms with Crippen LogP contribution in [0.3, 0.4) is 0 Å². The fraction of sp³-hybridized carbons (Fsp3) is 0.200. The highest BCUT2D eigenvalue weighted by Crippen LogP contribution is 2.35. The molecule has 0 unspecified atom stereocenters. The first-order valence-electron chi connectivity index (χ1n) is 6.56. The third kappa shape index (κ3) is 3.55. The standard InChI is InChI=1S/C15H14F3N3O/c1-2-12(21-22)14-8-7-10(9-19-14)20-13-6-4-3-5-11(13)15(16,17)18/h3-9,20,22H,2H2,1H3. The molecule has 22 heavy (non-hydrogen) atoms. The molecule has 7 heteroatoms. The highest BCUT2D eigenvalue weighted by molar-refractivity contribution is 5.98. The van der Waals surface area contributed by atoms with Crippen molar-refractivity contribution in [3.05, 3.63) is 53.9 Å². The molecule has 1 aromatic heterocycles. The Morgan fingerprint density at radius 2 is 1.95 bits per heavy atom. The van der Waals surface area contributed by atoms with E-state index in [1.165, 1.54) is 24.4 Å². The van der Waals surface area contributed by atoms with Crippen molar-refractivity contribution < 1.29 is 18.4 Å². The number of benzene rings is 1. The molecule has 2 rings (SSSR count). The molecule has 0 saturated heterocycles. The number of hydrogen-bond acceptors (Lipinski definition) is 4. The summed E-state index contributed by atoms with van der Waals surface area (Å²) >= 11 is 0. The number of hydrogen-bond donors (Lipinski definition) is 2. The Bertz CT molecular complexity index is 666. The van der Waals surface area contributed by atoms with Gasteiger partial charge in [0.2, 0.25) is 0 Å². The van der Waals surface area contributed by atoms with Crippen LogP contribution in [0, 0.1) is 0 Å². The predicted molar refractivity (Wildman–Crippen MR) is 77.6 cm³/mol. The molecule has 116 valence electrons. The quantitative estimate of drug-likeness (QED) is 0.499. The van der Waals surface area contributed by atoms with Gasteiger partial charge in [-0.1, -0.05) is 24.2 Å². The van der Waals surface area contributed by atoms with Gasteiger partial charge in [0.1, 0.15) is 5.71 Å². The maximum atomic E-state index is 12.9. The van der Waals surface area contributed by atoms with Crippen molar-refractivity contribution >= 4 is 17.1 Å². The van der Waals surface area contributed by atoms with Crippen LogP contribution in [0.2, 0.25) is 0 Å². The second-order valence-electron chi connectivity index (χ2n) is 4.50. The fourth-order valence-electron chi connectivity index (χ4n) is 1.94. The first kappa shape index (κ1) is 15.8. The van der Waals surface area contributed by atoms with E-state index in [0.717, 1.165) is 6.07 Å². The van der Waals surface area contributed by atoms with Crippen LogP contribution in [-0.4, -0.2) is 15.9 Å². The summed E-state index contributed by atoms with van der Waals surface area (Å²) in [5.74, 6) is 0. The number of para-hydroxylation sites is 1. The summed E-state index contributed by atoms with van der Waals surface area (Å²) in [6, 6.07) is 8.38. The van der Waals surface area contributed by atoms with Crippen molar-refractivity contribution in [1.29, 1.82) is 0 Å². The average molecular weight is 309 g/mol. The molecule has 2 aromatic rings. The Balaban J connectivity index is 2.26. The molecule has 0 bridgehead atoms. The van der Waals surface area contributed by atoms with Crippen molar-refractivity contribution in [2.45, 2.75) is 19.5 Å². The van der Waals surface area contributed by atoms with E-state index in [-0.39, 0.29) is 5.69 Å². The molecule has 2 N–H and O–H groups in total. The zero-order valence-corrected chi connectivity index (χ0v) is 11.7. The Labute approximate surface area is 125 Å². The maximum Gasteiger partial charge on any atom is 0.418 e. The summed E-state index contributed by atoms with van der Waals surface area (Å²) in [7, 11) is 0. The lowest BCUT2D eigenvalue weighted by molar-refractivity contribution is -0.136. The van der Waals surface area contributed by atoms with Gasteiger partial charge in [-0.25, -0.2) is 0 Å². The number of anilines is 2. The number of nitrogens with one attached hydrogen (secondary N) is 1. The maximum absolute atomic E-state index is 12.9. The molecule has 0 spiro atoms. The summed E-state index contributed by atoms with van der Waals surface area (Å²) in [6.07, 6.45) is -2.55. The zero-order chi connectivity index (χ0) is 16.2. The monoisotopic (exact) mass is 309 g/mol. The Hall–Kier alpha value is -2.57. The van der Waals surface area contributed by atoms with Crippen LogP contribution < -0.4 is 5.32 Å². The predicted octanol–water partition coefficient (Wildman–Crippen LogP) is 4.43. The van der Waals surface area contributed by atoms with E-state index in [0.29, 0.717) is 23.5 Å². The van der Waals surface area contributed by atoms with Crippen LogP contribution in [0.1, 0.15) is 24.6 Å². The lowest BCUT2D eigenvalue weighted by Gasteiger charge is -2.14. The normalized spacial score (nSPS) is 12.3. The first-order valence-corrected chi connectivity index (χ1v) is 6.56. The van der Waals surface area contributed by atoms with E-state index in [9.17, 15) is 13.2 Å². The van der Waals surface area contributed by atoms with Crippen LogP contribution in [0.4, 0.5) is 24.5 Å². The summed E-state index contributed by atoms with van der Waals surface area (Å²) in [4.78, 5) is 4.07. The number of oxime groups is 1. The number of pyridine rings is 1. The summed E-state index contributed by atoms with van der Waals surface area (Å²) in [5, 5.41) is 14.6. The Kier molecular flexibility index (Phi) is 4.65. The number of nitrogens with zero attached hydrogens (tertiary/aromatic N) is 2. The second kappa shape index (κ2) is 6.46. The number of alkyl halides is 3. The smallest absolute Gasteiger partial charge is 0.411 e. The lowest BCUT2D eigenvalue weighted by atomic mass is 10.1. The molecular weight excluding hydrogens is 295 g/mol. The second-order valence-corrected chi connectivity index (χ2v) is 4.50. The van der Waals surface area contributed by atoms with Crippen LogP contribution in [0.15, 0.2) is 47.8 Å². The van der Waals surface area contributed by atoms with E-state index in [2.05, 4.69) is 15.5 Å². The molecule has 1 heterocycles. The fourth-order valence-corrected chi connectivity index (χ4v) is 1.94. The van der Waals surface area contributed by atoms with Crippen molar-refractivity contribution in [2.24, 2.45) is 5.16 Å². The summed E-state index contributed by atoms with van der Waals surface area (Å²) < 4.78 is 38.7. The van der Waals surface area contributed by atoms with Crippen molar-refractivity contribution in [2.75, 3.05) is 5.32 Å². The van der Waals surface area contributed by atoms with E-state index < -0.39 is 11.7 Å². The SMILES string of the molecule is CCC(=NO)c1ccc(Nc2ccccc2C(F)(F)F)cn1. The molecule has 0 radical (unpaired) electrons. The highest BCUT2D eigenvalue weighted by atomic mass is 19.4. The summed E-state index contributed by atoms with van der Waals surface area (Å²) in [5.41, 5.74) is 0.497. The summed E-state index contributed by atoms with van der Waals surface area (Å²) in [6.45, 7) is 1.81. The van der Waals surface area contributed by atoms with E-state index in [1.807, 2.05) is 6.92 Å². The topological polar surface area (TPSA) is 57.5 Å². The Morgan fingerprint density at radius 3 is 2.50 bits per heavy atom. The highest BCUT2D eigenvalue weighted by Gasteiger charge is 2.33. The van der Waals surface area contributed by atoms with Gasteiger partial charge < -0.3 is 10.5 Å². The molecule has 0 aliphatic rings.